The molecule has 6 nitrogen and oxygen atoms in total. The summed E-state index contributed by atoms with van der Waals surface area (Å²) < 4.78 is 3.75. The maximum atomic E-state index is 10.2. The van der Waals surface area contributed by atoms with Crippen LogP contribution in [0.1, 0.15) is 36.8 Å². The fourth-order valence-electron chi connectivity index (χ4n) is 4.96. The van der Waals surface area contributed by atoms with Gasteiger partial charge in [-0.2, -0.15) is 0 Å². The molecule has 2 aliphatic rings. The van der Waals surface area contributed by atoms with Crippen molar-refractivity contribution < 1.29 is 5.11 Å². The van der Waals surface area contributed by atoms with E-state index >= 15 is 0 Å². The Bertz CT molecular complexity index is 980. The number of nitrogens with zero attached hydrogens (tertiary/aromatic N) is 1. The van der Waals surface area contributed by atoms with Gasteiger partial charge in [0, 0.05) is 47.8 Å². The van der Waals surface area contributed by atoms with E-state index in [1.54, 1.807) is 18.3 Å². The molecule has 0 unspecified atom stereocenters. The Morgan fingerprint density at radius 2 is 1.76 bits per heavy atom. The summed E-state index contributed by atoms with van der Waals surface area (Å²) in [6.07, 6.45) is 7.98. The lowest BCUT2D eigenvalue weighted by molar-refractivity contribution is 0.199. The Kier molecular flexibility index (Phi) is 8.43. The normalized spacial score (nSPS) is 19.8. The highest BCUT2D eigenvalue weighted by molar-refractivity contribution is 7.98. The first-order chi connectivity index (χ1) is 16.6. The average Bonchev–Trinajstić information content (AvgIpc) is 2.89. The topological polar surface area (TPSA) is 99.6 Å². The second kappa shape index (κ2) is 11.7. The zero-order chi connectivity index (χ0) is 23.8. The second-order valence-corrected chi connectivity index (χ2v) is 10.4. The molecule has 2 heterocycles. The van der Waals surface area contributed by atoms with Gasteiger partial charge in [0.2, 0.25) is 0 Å². The van der Waals surface area contributed by atoms with Crippen LogP contribution >= 0.6 is 11.9 Å². The van der Waals surface area contributed by atoms with Crippen molar-refractivity contribution in [2.45, 2.75) is 36.3 Å². The van der Waals surface area contributed by atoms with Crippen LogP contribution in [0.5, 0.6) is 5.75 Å². The third-order valence-corrected chi connectivity index (χ3v) is 8.22. The molecule has 2 aliphatic heterocycles. The minimum absolute atomic E-state index is 0.0876. The summed E-state index contributed by atoms with van der Waals surface area (Å²) in [5.41, 5.74) is 15.8. The van der Waals surface area contributed by atoms with E-state index in [-0.39, 0.29) is 11.2 Å². The first-order valence-corrected chi connectivity index (χ1v) is 13.1. The number of nitrogens with one attached hydrogen (secondary N) is 2. The molecule has 2 fully saturated rings. The summed E-state index contributed by atoms with van der Waals surface area (Å²) >= 11 is 1.92. The number of para-hydroxylation sites is 1. The summed E-state index contributed by atoms with van der Waals surface area (Å²) in [5, 5.41) is 14.3. The predicted octanol–water partition coefficient (Wildman–Crippen LogP) is 3.52. The van der Waals surface area contributed by atoms with Crippen LogP contribution in [0.3, 0.4) is 0 Å². The Hall–Kier alpha value is -2.61. The molecule has 2 saturated heterocycles. The van der Waals surface area contributed by atoms with Crippen LogP contribution in [0.25, 0.3) is 5.70 Å². The maximum absolute atomic E-state index is 10.2. The molecule has 4 rings (SSSR count). The van der Waals surface area contributed by atoms with E-state index < -0.39 is 0 Å². The number of rotatable bonds is 8. The minimum atomic E-state index is 0.0876. The number of hydrogen-bond acceptors (Lipinski definition) is 7. The minimum Gasteiger partial charge on any atom is -0.507 e. The third-order valence-electron chi connectivity index (χ3n) is 7.11. The van der Waals surface area contributed by atoms with E-state index in [1.165, 1.54) is 18.4 Å². The summed E-state index contributed by atoms with van der Waals surface area (Å²) in [6.45, 7) is 4.97. The fourth-order valence-corrected chi connectivity index (χ4v) is 6.03. The van der Waals surface area contributed by atoms with Gasteiger partial charge in [0.25, 0.3) is 0 Å². The van der Waals surface area contributed by atoms with Gasteiger partial charge >= 0.3 is 0 Å². The summed E-state index contributed by atoms with van der Waals surface area (Å²) in [4.78, 5) is 2.30. The molecule has 182 valence electrons. The lowest BCUT2D eigenvalue weighted by Crippen LogP contribution is -2.47. The van der Waals surface area contributed by atoms with E-state index in [1.807, 2.05) is 30.2 Å². The number of piperidine rings is 2. The van der Waals surface area contributed by atoms with Crippen LogP contribution in [-0.4, -0.2) is 48.0 Å². The number of hydrogen-bond donors (Lipinski definition) is 5. The molecular weight excluding hydrogens is 442 g/mol. The number of nitrogens with two attached hydrogens (primary N) is 2. The molecule has 7 heteroatoms. The molecule has 0 radical (unpaired) electrons. The average molecular weight is 480 g/mol. The Morgan fingerprint density at radius 1 is 1.09 bits per heavy atom. The molecule has 0 amide bonds. The molecule has 7 N–H and O–H groups in total. The van der Waals surface area contributed by atoms with Crippen LogP contribution in [0, 0.1) is 0 Å². The molecule has 34 heavy (non-hydrogen) atoms. The van der Waals surface area contributed by atoms with Crippen molar-refractivity contribution in [1.29, 1.82) is 0 Å². The standard InChI is InChI=1S/C27H37N5OS/c28-19-22(18-25(29)24-8-4-5-9-26(24)33)32-16-12-27(13-17-32,21-6-2-1-3-7-21)20-31-34-23-10-14-30-15-11-23/h1-9,18-19,23,30-31,33H,10-17,20,28-29H2/b22-19+,25-18-. The van der Waals surface area contributed by atoms with Crippen LogP contribution < -0.4 is 21.5 Å². The molecular formula is C27H37N5OS. The SMILES string of the molecule is N/C=C(\C=C(/N)c1ccccc1O)N1CCC(CNSC2CCNCC2)(c2ccccc2)CC1. The first kappa shape index (κ1) is 24.5. The van der Waals surface area contributed by atoms with Gasteiger partial charge in [0.1, 0.15) is 5.75 Å². The van der Waals surface area contributed by atoms with E-state index in [0.29, 0.717) is 16.5 Å². The van der Waals surface area contributed by atoms with Gasteiger partial charge in [0.15, 0.2) is 0 Å². The summed E-state index contributed by atoms with van der Waals surface area (Å²) in [6, 6.07) is 18.0. The van der Waals surface area contributed by atoms with Crippen molar-refractivity contribution in [3.63, 3.8) is 0 Å². The number of allylic oxidation sites excluding steroid dienone is 1. The fraction of sp³-hybridized carbons (Fsp3) is 0.407. The van der Waals surface area contributed by atoms with Crippen molar-refractivity contribution in [3.8, 4) is 5.75 Å². The van der Waals surface area contributed by atoms with Crippen molar-refractivity contribution in [2.24, 2.45) is 11.5 Å². The van der Waals surface area contributed by atoms with Crippen LogP contribution in [-0.2, 0) is 5.41 Å². The van der Waals surface area contributed by atoms with Gasteiger partial charge in [-0.1, -0.05) is 54.4 Å². The highest BCUT2D eigenvalue weighted by Gasteiger charge is 2.36. The summed E-state index contributed by atoms with van der Waals surface area (Å²) in [5.74, 6) is 0.173. The molecule has 0 saturated carbocycles. The number of likely N-dealkylation sites (tertiary alicyclic amines) is 1. The monoisotopic (exact) mass is 479 g/mol. The van der Waals surface area contributed by atoms with Gasteiger partial charge < -0.3 is 26.8 Å². The van der Waals surface area contributed by atoms with E-state index in [4.69, 9.17) is 11.5 Å². The maximum Gasteiger partial charge on any atom is 0.124 e. The van der Waals surface area contributed by atoms with Crippen LogP contribution in [0.4, 0.5) is 0 Å². The first-order valence-electron chi connectivity index (χ1n) is 12.2. The number of phenolic OH excluding ortho intramolecular Hbond substituents is 1. The molecule has 2 aromatic rings. The molecule has 2 aromatic carbocycles. The van der Waals surface area contributed by atoms with Crippen molar-refractivity contribution in [2.75, 3.05) is 32.7 Å². The van der Waals surface area contributed by atoms with E-state index in [9.17, 15) is 5.11 Å². The lowest BCUT2D eigenvalue weighted by atomic mass is 9.73. The van der Waals surface area contributed by atoms with Gasteiger partial charge in [0.05, 0.1) is 5.70 Å². The zero-order valence-corrected chi connectivity index (χ0v) is 20.6. The molecule has 0 aromatic heterocycles. The van der Waals surface area contributed by atoms with Crippen molar-refractivity contribution in [1.82, 2.24) is 14.9 Å². The van der Waals surface area contributed by atoms with E-state index in [0.717, 1.165) is 51.3 Å². The van der Waals surface area contributed by atoms with Gasteiger partial charge in [-0.25, -0.2) is 0 Å². The highest BCUT2D eigenvalue weighted by Crippen LogP contribution is 2.37. The van der Waals surface area contributed by atoms with Crippen LogP contribution in [0.2, 0.25) is 0 Å². The van der Waals surface area contributed by atoms with Crippen molar-refractivity contribution >= 4 is 17.6 Å². The molecule has 0 spiro atoms. The molecule has 0 aliphatic carbocycles. The van der Waals surface area contributed by atoms with E-state index in [2.05, 4.69) is 45.3 Å². The quantitative estimate of drug-likeness (QED) is 0.292. The third kappa shape index (κ3) is 5.90. The smallest absolute Gasteiger partial charge is 0.124 e. The Morgan fingerprint density at radius 3 is 2.44 bits per heavy atom. The second-order valence-electron chi connectivity index (χ2n) is 9.23. The van der Waals surface area contributed by atoms with Crippen molar-refractivity contribution in [3.05, 3.63) is 83.7 Å². The lowest BCUT2D eigenvalue weighted by Gasteiger charge is -2.44. The Balaban J connectivity index is 1.44. The largest absolute Gasteiger partial charge is 0.507 e. The molecule has 0 atom stereocenters. The highest BCUT2D eigenvalue weighted by atomic mass is 32.2. The molecule has 0 bridgehead atoms. The predicted molar refractivity (Wildman–Crippen MR) is 143 cm³/mol. The van der Waals surface area contributed by atoms with Gasteiger partial charge in [-0.05, 0) is 62.5 Å². The summed E-state index contributed by atoms with van der Waals surface area (Å²) in [7, 11) is 0. The number of benzene rings is 2. The zero-order valence-electron chi connectivity index (χ0n) is 19.7. The van der Waals surface area contributed by atoms with Gasteiger partial charge in [-0.3, -0.25) is 4.72 Å². The van der Waals surface area contributed by atoms with Crippen LogP contribution in [0.15, 0.2) is 72.6 Å². The Labute approximate surface area is 207 Å². The van der Waals surface area contributed by atoms with Gasteiger partial charge in [-0.15, -0.1) is 0 Å². The number of aromatic hydroxyl groups is 1. The number of phenols is 1.